The van der Waals surface area contributed by atoms with Gasteiger partial charge < -0.3 is 14.7 Å². The molecule has 0 spiro atoms. The van der Waals surface area contributed by atoms with Crippen LogP contribution in [-0.2, 0) is 4.79 Å². The van der Waals surface area contributed by atoms with Crippen LogP contribution in [0.1, 0.15) is 30.7 Å². The largest absolute Gasteiger partial charge is 0.497 e. The van der Waals surface area contributed by atoms with Crippen LogP contribution in [0.5, 0.6) is 5.75 Å². The second-order valence-corrected chi connectivity index (χ2v) is 7.57. The highest BCUT2D eigenvalue weighted by Gasteiger charge is 2.53. The first-order chi connectivity index (χ1) is 13.7. The van der Waals surface area contributed by atoms with Gasteiger partial charge in [0.15, 0.2) is 0 Å². The second kappa shape index (κ2) is 7.65. The number of amides is 1. The van der Waals surface area contributed by atoms with Crippen molar-refractivity contribution in [3.63, 3.8) is 0 Å². The molecular weight excluding hydrogens is 352 g/mol. The Hall–Kier alpha value is -2.84. The summed E-state index contributed by atoms with van der Waals surface area (Å²) >= 11 is 0. The van der Waals surface area contributed by atoms with Crippen LogP contribution in [0, 0.1) is 17.2 Å². The monoisotopic (exact) mass is 376 g/mol. The quantitative estimate of drug-likeness (QED) is 0.869. The van der Waals surface area contributed by atoms with E-state index in [1.165, 1.54) is 0 Å². The fraction of sp³-hybridized carbons (Fsp3) is 0.391. The number of ether oxygens (including phenoxy) is 1. The number of benzene rings is 2. The topological polar surface area (TPSA) is 73.6 Å². The zero-order valence-electron chi connectivity index (χ0n) is 15.9. The van der Waals surface area contributed by atoms with Crippen LogP contribution in [0.15, 0.2) is 48.5 Å². The van der Waals surface area contributed by atoms with Crippen molar-refractivity contribution in [2.45, 2.75) is 37.3 Å². The summed E-state index contributed by atoms with van der Waals surface area (Å²) in [6, 6.07) is 17.4. The van der Waals surface area contributed by atoms with E-state index >= 15 is 0 Å². The number of methoxy groups -OCH3 is 1. The number of aliphatic hydroxyl groups is 1. The summed E-state index contributed by atoms with van der Waals surface area (Å²) in [5.74, 6) is 0.726. The van der Waals surface area contributed by atoms with Crippen molar-refractivity contribution in [3.8, 4) is 22.9 Å². The lowest BCUT2D eigenvalue weighted by molar-refractivity contribution is -0.154. The van der Waals surface area contributed by atoms with E-state index in [1.54, 1.807) is 12.0 Å². The number of carbonyl (C=O) groups is 1. The highest BCUT2D eigenvalue weighted by Crippen LogP contribution is 2.43. The van der Waals surface area contributed by atoms with Gasteiger partial charge in [-0.3, -0.25) is 4.79 Å². The number of likely N-dealkylation sites (tertiary alicyclic amines) is 1. The minimum absolute atomic E-state index is 0.0305. The van der Waals surface area contributed by atoms with Gasteiger partial charge in [-0.25, -0.2) is 0 Å². The smallest absolute Gasteiger partial charge is 0.227 e. The van der Waals surface area contributed by atoms with Crippen LogP contribution < -0.4 is 4.74 Å². The van der Waals surface area contributed by atoms with Crippen LogP contribution in [0.25, 0.3) is 11.1 Å². The number of carbonyl (C=O) groups excluding carboxylic acids is 1. The maximum Gasteiger partial charge on any atom is 0.227 e. The molecule has 4 rings (SSSR count). The first-order valence-corrected chi connectivity index (χ1v) is 9.75. The van der Waals surface area contributed by atoms with Crippen LogP contribution in [0.2, 0.25) is 0 Å². The molecule has 2 aromatic carbocycles. The predicted molar refractivity (Wildman–Crippen MR) is 106 cm³/mol. The summed E-state index contributed by atoms with van der Waals surface area (Å²) in [7, 11) is 1.64. The Kier molecular flexibility index (Phi) is 5.06. The van der Waals surface area contributed by atoms with Gasteiger partial charge in [-0.1, -0.05) is 42.8 Å². The molecule has 1 N–H and O–H groups in total. The molecule has 5 nitrogen and oxygen atoms in total. The van der Waals surface area contributed by atoms with Gasteiger partial charge in [-0.2, -0.15) is 5.26 Å². The molecule has 1 aliphatic carbocycles. The molecule has 28 heavy (non-hydrogen) atoms. The van der Waals surface area contributed by atoms with Crippen LogP contribution in [0.4, 0.5) is 0 Å². The van der Waals surface area contributed by atoms with Gasteiger partial charge in [0.05, 0.1) is 25.8 Å². The number of hydrogen-bond acceptors (Lipinski definition) is 4. The van der Waals surface area contributed by atoms with Gasteiger partial charge in [0.2, 0.25) is 5.91 Å². The third-order valence-corrected chi connectivity index (χ3v) is 6.16. The average molecular weight is 376 g/mol. The van der Waals surface area contributed by atoms with E-state index in [0.29, 0.717) is 0 Å². The predicted octanol–water partition coefficient (Wildman–Crippen LogP) is 3.34. The van der Waals surface area contributed by atoms with Crippen molar-refractivity contribution < 1.29 is 14.6 Å². The Bertz CT molecular complexity index is 882. The Labute approximate surface area is 165 Å². The second-order valence-electron chi connectivity index (χ2n) is 7.57. The van der Waals surface area contributed by atoms with E-state index in [9.17, 15) is 15.2 Å². The molecule has 3 atom stereocenters. The summed E-state index contributed by atoms with van der Waals surface area (Å²) in [6.07, 6.45) is 2.86. The van der Waals surface area contributed by atoms with E-state index < -0.39 is 6.04 Å². The number of nitrogens with zero attached hydrogens (tertiary/aromatic N) is 2. The summed E-state index contributed by atoms with van der Waals surface area (Å²) in [5, 5.41) is 19.6. The Morgan fingerprint density at radius 3 is 2.21 bits per heavy atom. The first kappa shape index (κ1) is 18.5. The van der Waals surface area contributed by atoms with Crippen LogP contribution >= 0.6 is 0 Å². The Morgan fingerprint density at radius 2 is 1.75 bits per heavy atom. The molecule has 2 aromatic rings. The lowest BCUT2D eigenvalue weighted by atomic mass is 9.73. The highest BCUT2D eigenvalue weighted by atomic mass is 16.5. The van der Waals surface area contributed by atoms with Crippen LogP contribution in [-0.4, -0.2) is 41.7 Å². The Morgan fingerprint density at radius 1 is 1.14 bits per heavy atom. The molecule has 1 amide bonds. The van der Waals surface area contributed by atoms with E-state index in [-0.39, 0.29) is 30.4 Å². The molecular formula is C23H24N2O3. The fourth-order valence-corrected chi connectivity index (χ4v) is 4.26. The van der Waals surface area contributed by atoms with E-state index in [0.717, 1.165) is 41.7 Å². The molecule has 1 saturated heterocycles. The fourth-order valence-electron chi connectivity index (χ4n) is 4.26. The van der Waals surface area contributed by atoms with Gasteiger partial charge in [0.1, 0.15) is 11.8 Å². The van der Waals surface area contributed by atoms with Crippen molar-refractivity contribution in [1.29, 1.82) is 5.26 Å². The summed E-state index contributed by atoms with van der Waals surface area (Å²) in [5.41, 5.74) is 3.14. The molecule has 0 radical (unpaired) electrons. The molecule has 1 aliphatic heterocycles. The minimum Gasteiger partial charge on any atom is -0.497 e. The molecule has 5 heteroatoms. The van der Waals surface area contributed by atoms with E-state index in [1.807, 2.05) is 48.5 Å². The standard InChI is InChI=1S/C23H24N2O3/c1-28-19-11-9-16(10-12-19)15-5-7-17(8-6-15)22-20(13-24)25(21(22)14-26)23(27)18-3-2-4-18/h5-12,18,20-22,26H,2-4,14H2,1H3/t20-,21-,22-/m0/s1. The summed E-state index contributed by atoms with van der Waals surface area (Å²) in [6.45, 7) is -0.123. The lowest BCUT2D eigenvalue weighted by Crippen LogP contribution is -2.66. The van der Waals surface area contributed by atoms with Crippen molar-refractivity contribution in [2.75, 3.05) is 13.7 Å². The normalized spacial score (nSPS) is 24.0. The van der Waals surface area contributed by atoms with Crippen LogP contribution in [0.3, 0.4) is 0 Å². The summed E-state index contributed by atoms with van der Waals surface area (Å²) in [4.78, 5) is 14.3. The first-order valence-electron chi connectivity index (χ1n) is 9.75. The van der Waals surface area contributed by atoms with Gasteiger partial charge in [0, 0.05) is 11.8 Å². The molecule has 2 aliphatic rings. The number of rotatable bonds is 5. The molecule has 0 aromatic heterocycles. The summed E-state index contributed by atoms with van der Waals surface area (Å²) < 4.78 is 5.20. The maximum atomic E-state index is 12.7. The van der Waals surface area contributed by atoms with Gasteiger partial charge in [0.25, 0.3) is 0 Å². The van der Waals surface area contributed by atoms with Gasteiger partial charge in [-0.05, 0) is 41.7 Å². The van der Waals surface area contributed by atoms with E-state index in [4.69, 9.17) is 4.74 Å². The van der Waals surface area contributed by atoms with Crippen molar-refractivity contribution in [2.24, 2.45) is 5.92 Å². The number of aliphatic hydroxyl groups excluding tert-OH is 1. The van der Waals surface area contributed by atoms with Gasteiger partial charge >= 0.3 is 0 Å². The molecule has 144 valence electrons. The molecule has 1 saturated carbocycles. The molecule has 0 unspecified atom stereocenters. The SMILES string of the molecule is COc1ccc(-c2ccc([C@H]3[C@H](C#N)N(C(=O)C4CCC4)[C@H]3CO)cc2)cc1. The maximum absolute atomic E-state index is 12.7. The minimum atomic E-state index is -0.503. The molecule has 2 fully saturated rings. The molecule has 0 bridgehead atoms. The third-order valence-electron chi connectivity index (χ3n) is 6.16. The van der Waals surface area contributed by atoms with Crippen molar-refractivity contribution >= 4 is 5.91 Å². The highest BCUT2D eigenvalue weighted by molar-refractivity contribution is 5.82. The zero-order chi connectivity index (χ0) is 19.7. The van der Waals surface area contributed by atoms with Gasteiger partial charge in [-0.15, -0.1) is 0 Å². The van der Waals surface area contributed by atoms with Crippen molar-refractivity contribution in [1.82, 2.24) is 4.90 Å². The number of hydrogen-bond donors (Lipinski definition) is 1. The molecule has 1 heterocycles. The van der Waals surface area contributed by atoms with E-state index in [2.05, 4.69) is 6.07 Å². The Balaban J connectivity index is 1.54. The average Bonchev–Trinajstić information content (AvgIpc) is 2.67. The zero-order valence-corrected chi connectivity index (χ0v) is 15.9. The third kappa shape index (κ3) is 3.04. The number of nitriles is 1. The lowest BCUT2D eigenvalue weighted by Gasteiger charge is -2.53. The van der Waals surface area contributed by atoms with Crippen molar-refractivity contribution in [3.05, 3.63) is 54.1 Å².